The summed E-state index contributed by atoms with van der Waals surface area (Å²) in [7, 11) is 0. The van der Waals surface area contributed by atoms with Crippen molar-refractivity contribution in [1.29, 1.82) is 0 Å². The van der Waals surface area contributed by atoms with Crippen LogP contribution in [0, 0.1) is 0 Å². The second-order valence-electron chi connectivity index (χ2n) is 7.40. The van der Waals surface area contributed by atoms with E-state index in [9.17, 15) is 31.9 Å². The average Bonchev–Trinajstić information content (AvgIpc) is 3.09. The van der Waals surface area contributed by atoms with Crippen LogP contribution in [0.1, 0.15) is 23.5 Å². The number of carbonyl (C=O) groups excluding carboxylic acids is 2. The van der Waals surface area contributed by atoms with Gasteiger partial charge in [-0.25, -0.2) is 13.6 Å². The predicted octanol–water partition coefficient (Wildman–Crippen LogP) is 3.39. The zero-order chi connectivity index (χ0) is 24.2. The lowest BCUT2D eigenvalue weighted by Gasteiger charge is -2.20. The van der Waals surface area contributed by atoms with Gasteiger partial charge in [0, 0.05) is 5.92 Å². The van der Waals surface area contributed by atoms with E-state index in [2.05, 4.69) is 0 Å². The number of halogens is 4. The van der Waals surface area contributed by atoms with E-state index < -0.39 is 49.3 Å². The van der Waals surface area contributed by atoms with Crippen LogP contribution in [0.2, 0.25) is 0 Å². The summed E-state index contributed by atoms with van der Waals surface area (Å²) in [5, 5.41) is 12.5. The molecule has 2 aromatic carbocycles. The van der Waals surface area contributed by atoms with Crippen molar-refractivity contribution in [3.05, 3.63) is 59.7 Å². The first-order valence-electron chi connectivity index (χ1n) is 9.87. The van der Waals surface area contributed by atoms with Crippen LogP contribution in [0.15, 0.2) is 48.5 Å². The van der Waals surface area contributed by atoms with E-state index in [-0.39, 0.29) is 12.5 Å². The van der Waals surface area contributed by atoms with Crippen molar-refractivity contribution in [3.63, 3.8) is 0 Å². The van der Waals surface area contributed by atoms with Gasteiger partial charge in [-0.1, -0.05) is 48.5 Å². The number of fused-ring (bicyclic) bond motifs is 3. The van der Waals surface area contributed by atoms with Crippen molar-refractivity contribution in [2.75, 3.05) is 13.2 Å². The fraction of sp³-hybridized carbons (Fsp3) is 0.318. The molecule has 2 aromatic rings. The molecule has 33 heavy (non-hydrogen) atoms. The Labute approximate surface area is 185 Å². The molecule has 1 atom stereocenters. The van der Waals surface area contributed by atoms with Gasteiger partial charge < -0.3 is 20.5 Å². The van der Waals surface area contributed by atoms with Crippen LogP contribution in [0.3, 0.4) is 0 Å². The van der Waals surface area contributed by atoms with Gasteiger partial charge in [-0.3, -0.25) is 9.59 Å². The second kappa shape index (κ2) is 9.88. The largest absolute Gasteiger partial charge is 0.481 e. The highest BCUT2D eigenvalue weighted by Crippen LogP contribution is 2.44. The van der Waals surface area contributed by atoms with E-state index in [0.717, 1.165) is 22.3 Å². The van der Waals surface area contributed by atoms with Crippen LogP contribution in [0.4, 0.5) is 22.4 Å². The molecule has 1 aliphatic carbocycles. The molecule has 11 heteroatoms. The first kappa shape index (κ1) is 24.0. The summed E-state index contributed by atoms with van der Waals surface area (Å²) in [5.74, 6) is -7.69. The number of hydrogen-bond acceptors (Lipinski definition) is 4. The van der Waals surface area contributed by atoms with Gasteiger partial charge in [-0.05, 0) is 22.3 Å². The highest BCUT2D eigenvalue weighted by Gasteiger charge is 2.41. The second-order valence-corrected chi connectivity index (χ2v) is 7.40. The smallest absolute Gasteiger partial charge is 0.407 e. The van der Waals surface area contributed by atoms with Crippen LogP contribution in [-0.4, -0.2) is 54.6 Å². The highest BCUT2D eigenvalue weighted by atomic mass is 19.3. The van der Waals surface area contributed by atoms with Crippen LogP contribution >= 0.6 is 0 Å². The lowest BCUT2D eigenvalue weighted by atomic mass is 9.98. The fourth-order valence-electron chi connectivity index (χ4n) is 3.57. The van der Waals surface area contributed by atoms with Gasteiger partial charge in [0.2, 0.25) is 5.91 Å². The Morgan fingerprint density at radius 1 is 1.00 bits per heavy atom. The van der Waals surface area contributed by atoms with Gasteiger partial charge in [-0.2, -0.15) is 8.78 Å². The minimum absolute atomic E-state index is 0.134. The number of carboxylic acids is 1. The average molecular weight is 468 g/mol. The Morgan fingerprint density at radius 3 is 2.06 bits per heavy atom. The lowest BCUT2D eigenvalue weighted by Crippen LogP contribution is -2.51. The third-order valence-electron chi connectivity index (χ3n) is 5.15. The van der Waals surface area contributed by atoms with E-state index in [0.29, 0.717) is 0 Å². The van der Waals surface area contributed by atoms with Crippen LogP contribution in [0.5, 0.6) is 0 Å². The number of alkyl halides is 4. The maximum absolute atomic E-state index is 13.0. The number of benzene rings is 2. The van der Waals surface area contributed by atoms with Gasteiger partial charge in [0.15, 0.2) is 0 Å². The van der Waals surface area contributed by atoms with E-state index in [1.807, 2.05) is 53.8 Å². The summed E-state index contributed by atoms with van der Waals surface area (Å²) in [5.41, 5.74) is 3.79. The molecule has 0 saturated carbocycles. The van der Waals surface area contributed by atoms with Crippen LogP contribution in [0.25, 0.3) is 11.1 Å². The molecule has 0 saturated heterocycles. The quantitative estimate of drug-likeness (QED) is 0.490. The van der Waals surface area contributed by atoms with Gasteiger partial charge in [0.05, 0.1) is 13.0 Å². The third-order valence-corrected chi connectivity index (χ3v) is 5.15. The topological polar surface area (TPSA) is 105 Å². The molecule has 0 bridgehead atoms. The Morgan fingerprint density at radius 2 is 1.55 bits per heavy atom. The number of carboxylic acid groups (broad SMARTS) is 1. The number of nitrogens with one attached hydrogen (secondary N) is 2. The highest BCUT2D eigenvalue weighted by molar-refractivity contribution is 5.89. The third kappa shape index (κ3) is 5.60. The van der Waals surface area contributed by atoms with Crippen molar-refractivity contribution in [2.24, 2.45) is 0 Å². The molecule has 3 rings (SSSR count). The molecule has 0 aliphatic heterocycles. The van der Waals surface area contributed by atoms with Gasteiger partial charge in [0.1, 0.15) is 12.6 Å². The van der Waals surface area contributed by atoms with Gasteiger partial charge >= 0.3 is 24.4 Å². The standard InChI is InChI=1S/C22H20F4N2O5/c23-20(24)22(25,26)11-27-19(31)17(9-18(29)30)28-21(32)33-10-16-14-7-3-1-5-12(14)13-6-2-4-8-15(13)16/h1-8,16-17,20H,9-11H2,(H,27,31)(H,28,32)(H,29,30). The van der Waals surface area contributed by atoms with Crippen LogP contribution in [-0.2, 0) is 14.3 Å². The Balaban J connectivity index is 1.64. The molecular weight excluding hydrogens is 448 g/mol. The first-order chi connectivity index (χ1) is 15.6. The summed E-state index contributed by atoms with van der Waals surface area (Å²) in [6.45, 7) is -1.85. The lowest BCUT2D eigenvalue weighted by molar-refractivity contribution is -0.142. The first-order valence-corrected chi connectivity index (χ1v) is 9.87. The summed E-state index contributed by atoms with van der Waals surface area (Å²) in [6, 6.07) is 13.2. The number of aliphatic carboxylic acids is 1. The fourth-order valence-corrected chi connectivity index (χ4v) is 3.57. The summed E-state index contributed by atoms with van der Waals surface area (Å²) < 4.78 is 55.8. The van der Waals surface area contributed by atoms with Gasteiger partial charge in [-0.15, -0.1) is 0 Å². The minimum atomic E-state index is -4.51. The Bertz CT molecular complexity index is 1000. The summed E-state index contributed by atoms with van der Waals surface area (Å²) in [6.07, 6.45) is -6.14. The zero-order valence-corrected chi connectivity index (χ0v) is 17.1. The van der Waals surface area contributed by atoms with E-state index in [4.69, 9.17) is 9.84 Å². The van der Waals surface area contributed by atoms with Crippen molar-refractivity contribution in [2.45, 2.75) is 30.7 Å². The Kier molecular flexibility index (Phi) is 7.19. The molecule has 0 heterocycles. The molecule has 7 nitrogen and oxygen atoms in total. The van der Waals surface area contributed by atoms with Crippen LogP contribution < -0.4 is 10.6 Å². The number of ether oxygens (including phenoxy) is 1. The molecule has 0 aromatic heterocycles. The van der Waals surface area contributed by atoms with Crippen molar-refractivity contribution in [3.8, 4) is 11.1 Å². The molecule has 1 aliphatic rings. The normalized spacial score (nSPS) is 13.7. The zero-order valence-electron chi connectivity index (χ0n) is 17.1. The van der Waals surface area contributed by atoms with E-state index in [1.165, 1.54) is 5.32 Å². The number of rotatable bonds is 9. The number of alkyl carbamates (subject to hydrolysis) is 1. The maximum Gasteiger partial charge on any atom is 0.407 e. The molecule has 0 fully saturated rings. The molecule has 1 unspecified atom stereocenters. The molecule has 0 radical (unpaired) electrons. The summed E-state index contributed by atoms with van der Waals surface area (Å²) >= 11 is 0. The monoisotopic (exact) mass is 468 g/mol. The number of hydrogen-bond donors (Lipinski definition) is 3. The minimum Gasteiger partial charge on any atom is -0.481 e. The van der Waals surface area contributed by atoms with Crippen molar-refractivity contribution in [1.82, 2.24) is 10.6 Å². The number of carbonyl (C=O) groups is 3. The van der Waals surface area contributed by atoms with E-state index >= 15 is 0 Å². The predicted molar refractivity (Wildman–Crippen MR) is 108 cm³/mol. The number of amides is 2. The van der Waals surface area contributed by atoms with Crippen molar-refractivity contribution < 1.29 is 41.8 Å². The SMILES string of the molecule is O=C(O)CC(NC(=O)OCC1c2ccccc2-c2ccccc21)C(=O)NCC(F)(F)C(F)F. The molecule has 2 amide bonds. The molecule has 3 N–H and O–H groups in total. The molecule has 176 valence electrons. The molecule has 0 spiro atoms. The van der Waals surface area contributed by atoms with E-state index in [1.54, 1.807) is 0 Å². The maximum atomic E-state index is 13.0. The molecular formula is C22H20F4N2O5. The Hall–Kier alpha value is -3.63. The van der Waals surface area contributed by atoms with Gasteiger partial charge in [0.25, 0.3) is 0 Å². The van der Waals surface area contributed by atoms with Crippen molar-refractivity contribution >= 4 is 18.0 Å². The summed E-state index contributed by atoms with van der Waals surface area (Å²) in [4.78, 5) is 35.3.